The maximum Gasteiger partial charge on any atom is 0.238 e. The molecule has 1 fully saturated rings. The van der Waals surface area contributed by atoms with E-state index in [4.69, 9.17) is 10.5 Å². The number of para-hydroxylation sites is 2. The lowest BCUT2D eigenvalue weighted by atomic mass is 10.1. The first-order valence-corrected chi connectivity index (χ1v) is 7.67. The minimum atomic E-state index is -0.0240. The van der Waals surface area contributed by atoms with Gasteiger partial charge in [-0.1, -0.05) is 19.1 Å². The van der Waals surface area contributed by atoms with E-state index in [2.05, 4.69) is 17.1 Å². The van der Waals surface area contributed by atoms with Crippen LogP contribution in [0.2, 0.25) is 0 Å². The molecule has 0 aromatic heterocycles. The molecule has 21 heavy (non-hydrogen) atoms. The van der Waals surface area contributed by atoms with Crippen molar-refractivity contribution in [2.24, 2.45) is 0 Å². The number of nitrogens with one attached hydrogen (secondary N) is 1. The molecule has 0 spiro atoms. The van der Waals surface area contributed by atoms with E-state index in [1.807, 2.05) is 18.2 Å². The third-order valence-corrected chi connectivity index (χ3v) is 3.62. The zero-order chi connectivity index (χ0) is 15.1. The van der Waals surface area contributed by atoms with E-state index >= 15 is 0 Å². The second-order valence-electron chi connectivity index (χ2n) is 5.51. The van der Waals surface area contributed by atoms with Crippen molar-refractivity contribution in [3.63, 3.8) is 0 Å². The molecule has 116 valence electrons. The molecule has 0 bridgehead atoms. The van der Waals surface area contributed by atoms with Gasteiger partial charge in [0.1, 0.15) is 0 Å². The summed E-state index contributed by atoms with van der Waals surface area (Å²) in [5, 5.41) is 2.87. The third-order valence-electron chi connectivity index (χ3n) is 3.62. The minimum absolute atomic E-state index is 0.0240. The molecule has 5 heteroatoms. The standard InChI is InChI=1S/C16H25N3O2/c1-2-10-21-13-6-5-9-19(11-13)12-16(20)18-15-8-4-3-7-14(15)17/h3-4,7-8,13H,2,5-6,9-12,17H2,1H3,(H,18,20). The van der Waals surface area contributed by atoms with Gasteiger partial charge in [0.15, 0.2) is 0 Å². The summed E-state index contributed by atoms with van der Waals surface area (Å²) in [4.78, 5) is 14.3. The molecule has 2 rings (SSSR count). The zero-order valence-corrected chi connectivity index (χ0v) is 12.7. The third kappa shape index (κ3) is 5.02. The monoisotopic (exact) mass is 291 g/mol. The molecule has 1 heterocycles. The molecular weight excluding hydrogens is 266 g/mol. The predicted octanol–water partition coefficient (Wildman–Crippen LogP) is 2.10. The van der Waals surface area contributed by atoms with Gasteiger partial charge in [0.2, 0.25) is 5.91 Å². The Morgan fingerprint density at radius 2 is 2.29 bits per heavy atom. The number of rotatable bonds is 6. The second kappa shape index (κ2) is 8.00. The van der Waals surface area contributed by atoms with Crippen molar-refractivity contribution < 1.29 is 9.53 Å². The van der Waals surface area contributed by atoms with Crippen LogP contribution in [0, 0.1) is 0 Å². The highest BCUT2D eigenvalue weighted by atomic mass is 16.5. The van der Waals surface area contributed by atoms with Gasteiger partial charge in [-0.3, -0.25) is 9.69 Å². The minimum Gasteiger partial charge on any atom is -0.397 e. The van der Waals surface area contributed by atoms with Crippen molar-refractivity contribution in [3.8, 4) is 0 Å². The lowest BCUT2D eigenvalue weighted by Gasteiger charge is -2.32. The summed E-state index contributed by atoms with van der Waals surface area (Å²) in [5.41, 5.74) is 7.10. The van der Waals surface area contributed by atoms with Crippen LogP contribution in [0.15, 0.2) is 24.3 Å². The van der Waals surface area contributed by atoms with Crippen LogP contribution in [0.3, 0.4) is 0 Å². The van der Waals surface area contributed by atoms with E-state index in [9.17, 15) is 4.79 Å². The van der Waals surface area contributed by atoms with E-state index in [0.29, 0.717) is 17.9 Å². The van der Waals surface area contributed by atoms with Crippen LogP contribution < -0.4 is 11.1 Å². The number of anilines is 2. The highest BCUT2D eigenvalue weighted by molar-refractivity contribution is 5.95. The molecule has 1 unspecified atom stereocenters. The quantitative estimate of drug-likeness (QED) is 0.788. The van der Waals surface area contributed by atoms with Crippen molar-refractivity contribution in [3.05, 3.63) is 24.3 Å². The first kappa shape index (κ1) is 15.8. The lowest BCUT2D eigenvalue weighted by Crippen LogP contribution is -2.43. The molecule has 1 amide bonds. The van der Waals surface area contributed by atoms with Gasteiger partial charge in [-0.15, -0.1) is 0 Å². The van der Waals surface area contributed by atoms with Crippen LogP contribution in [0.25, 0.3) is 0 Å². The maximum atomic E-state index is 12.1. The molecule has 1 aliphatic heterocycles. The first-order valence-electron chi connectivity index (χ1n) is 7.67. The van der Waals surface area contributed by atoms with Crippen molar-refractivity contribution in [2.45, 2.75) is 32.3 Å². The van der Waals surface area contributed by atoms with Gasteiger partial charge in [-0.2, -0.15) is 0 Å². The largest absolute Gasteiger partial charge is 0.397 e. The highest BCUT2D eigenvalue weighted by Crippen LogP contribution is 2.17. The molecular formula is C16H25N3O2. The molecule has 1 aromatic carbocycles. The number of benzene rings is 1. The van der Waals surface area contributed by atoms with Gasteiger partial charge in [0, 0.05) is 13.2 Å². The van der Waals surface area contributed by atoms with Gasteiger partial charge in [0.05, 0.1) is 24.0 Å². The summed E-state index contributed by atoms with van der Waals surface area (Å²) in [7, 11) is 0. The molecule has 1 saturated heterocycles. The fraction of sp³-hybridized carbons (Fsp3) is 0.562. The van der Waals surface area contributed by atoms with Gasteiger partial charge in [0.25, 0.3) is 0 Å². The summed E-state index contributed by atoms with van der Waals surface area (Å²) < 4.78 is 5.79. The Hall–Kier alpha value is -1.59. The Morgan fingerprint density at radius 1 is 1.48 bits per heavy atom. The molecule has 3 N–H and O–H groups in total. The van der Waals surface area contributed by atoms with Gasteiger partial charge >= 0.3 is 0 Å². The van der Waals surface area contributed by atoms with Crippen molar-refractivity contribution in [1.82, 2.24) is 4.90 Å². The number of nitrogen functional groups attached to an aromatic ring is 1. The highest BCUT2D eigenvalue weighted by Gasteiger charge is 2.22. The van der Waals surface area contributed by atoms with Crippen LogP contribution in [0.5, 0.6) is 0 Å². The van der Waals surface area contributed by atoms with Gasteiger partial charge in [-0.05, 0) is 37.9 Å². The van der Waals surface area contributed by atoms with Crippen molar-refractivity contribution in [2.75, 3.05) is 37.3 Å². The lowest BCUT2D eigenvalue weighted by molar-refractivity contribution is -0.118. The zero-order valence-electron chi connectivity index (χ0n) is 12.7. The van der Waals surface area contributed by atoms with E-state index in [1.54, 1.807) is 6.07 Å². The smallest absolute Gasteiger partial charge is 0.238 e. The number of carbonyl (C=O) groups is 1. The topological polar surface area (TPSA) is 67.6 Å². The summed E-state index contributed by atoms with van der Waals surface area (Å²) in [6, 6.07) is 7.31. The molecule has 1 aliphatic rings. The van der Waals surface area contributed by atoms with Crippen molar-refractivity contribution >= 4 is 17.3 Å². The van der Waals surface area contributed by atoms with Crippen molar-refractivity contribution in [1.29, 1.82) is 0 Å². The summed E-state index contributed by atoms with van der Waals surface area (Å²) in [5.74, 6) is -0.0240. The van der Waals surface area contributed by atoms with Crippen LogP contribution in [-0.4, -0.2) is 43.2 Å². The first-order chi connectivity index (χ1) is 10.2. The second-order valence-corrected chi connectivity index (χ2v) is 5.51. The average molecular weight is 291 g/mol. The maximum absolute atomic E-state index is 12.1. The van der Waals surface area contributed by atoms with Gasteiger partial charge in [-0.25, -0.2) is 0 Å². The fourth-order valence-electron chi connectivity index (χ4n) is 2.58. The number of nitrogens with zero attached hydrogens (tertiary/aromatic N) is 1. The average Bonchev–Trinajstić information content (AvgIpc) is 2.48. The Balaban J connectivity index is 1.81. The van der Waals surface area contributed by atoms with Crippen LogP contribution in [-0.2, 0) is 9.53 Å². The van der Waals surface area contributed by atoms with E-state index in [0.717, 1.165) is 39.0 Å². The number of ether oxygens (including phenoxy) is 1. The molecule has 0 aliphatic carbocycles. The number of carbonyl (C=O) groups excluding carboxylic acids is 1. The predicted molar refractivity (Wildman–Crippen MR) is 85.2 cm³/mol. The molecule has 0 saturated carbocycles. The van der Waals surface area contributed by atoms with E-state index in [-0.39, 0.29) is 12.0 Å². The number of nitrogens with two attached hydrogens (primary N) is 1. The number of hydrogen-bond donors (Lipinski definition) is 2. The molecule has 1 aromatic rings. The molecule has 1 atom stereocenters. The molecule has 0 radical (unpaired) electrons. The Bertz CT molecular complexity index is 465. The number of piperidine rings is 1. The van der Waals surface area contributed by atoms with Crippen LogP contribution in [0.1, 0.15) is 26.2 Å². The fourth-order valence-corrected chi connectivity index (χ4v) is 2.58. The van der Waals surface area contributed by atoms with Crippen LogP contribution >= 0.6 is 0 Å². The van der Waals surface area contributed by atoms with Crippen LogP contribution in [0.4, 0.5) is 11.4 Å². The Morgan fingerprint density at radius 3 is 3.05 bits per heavy atom. The Labute approximate surface area is 126 Å². The SMILES string of the molecule is CCCOC1CCCN(CC(=O)Nc2ccccc2N)C1. The van der Waals surface area contributed by atoms with E-state index < -0.39 is 0 Å². The summed E-state index contributed by atoms with van der Waals surface area (Å²) in [6.07, 6.45) is 3.46. The Kier molecular flexibility index (Phi) is 6.02. The number of hydrogen-bond acceptors (Lipinski definition) is 4. The normalized spacial score (nSPS) is 19.4. The van der Waals surface area contributed by atoms with E-state index in [1.165, 1.54) is 0 Å². The number of likely N-dealkylation sites (tertiary alicyclic amines) is 1. The van der Waals surface area contributed by atoms with Gasteiger partial charge < -0.3 is 15.8 Å². The number of amides is 1. The summed E-state index contributed by atoms with van der Waals surface area (Å²) >= 11 is 0. The molecule has 5 nitrogen and oxygen atoms in total. The summed E-state index contributed by atoms with van der Waals surface area (Å²) in [6.45, 7) is 5.07.